The molecule has 0 fully saturated rings. The van der Waals surface area contributed by atoms with Crippen LogP contribution in [0.4, 0.5) is 0 Å². The molecule has 8 nitrogen and oxygen atoms in total. The second-order valence-corrected chi connectivity index (χ2v) is 7.63. The predicted octanol–water partition coefficient (Wildman–Crippen LogP) is 2.73. The van der Waals surface area contributed by atoms with Crippen molar-refractivity contribution in [2.24, 2.45) is 0 Å². The van der Waals surface area contributed by atoms with Gasteiger partial charge >= 0.3 is 0 Å². The van der Waals surface area contributed by atoms with Crippen molar-refractivity contribution in [3.8, 4) is 28.7 Å². The third kappa shape index (κ3) is 2.71. The largest absolute Gasteiger partial charge is 0.496 e. The molecule has 2 aromatic carbocycles. The molecule has 0 spiro atoms. The van der Waals surface area contributed by atoms with Crippen LogP contribution < -0.4 is 23.7 Å². The highest BCUT2D eigenvalue weighted by molar-refractivity contribution is 5.61. The Morgan fingerprint density at radius 2 is 1.70 bits per heavy atom. The summed E-state index contributed by atoms with van der Waals surface area (Å²) in [5, 5.41) is 11.1. The Hall–Kier alpha value is -2.68. The maximum Gasteiger partial charge on any atom is 0.231 e. The minimum absolute atomic E-state index is 0.195. The van der Waals surface area contributed by atoms with Crippen molar-refractivity contribution >= 4 is 0 Å². The average Bonchev–Trinajstić information content (AvgIpc) is 3.17. The lowest BCUT2D eigenvalue weighted by atomic mass is 9.86. The van der Waals surface area contributed by atoms with Gasteiger partial charge in [-0.2, -0.15) is 0 Å². The summed E-state index contributed by atoms with van der Waals surface area (Å²) in [5.41, 5.74) is 3.47. The molecule has 0 aromatic heterocycles. The molecule has 3 aliphatic rings. The first-order chi connectivity index (χ1) is 14.6. The van der Waals surface area contributed by atoms with Gasteiger partial charge in [0.1, 0.15) is 11.9 Å². The summed E-state index contributed by atoms with van der Waals surface area (Å²) >= 11 is 0. The zero-order valence-corrected chi connectivity index (χ0v) is 17.4. The zero-order valence-electron chi connectivity index (χ0n) is 17.4. The summed E-state index contributed by atoms with van der Waals surface area (Å²) in [5.74, 6) is 2.99. The van der Waals surface area contributed by atoms with E-state index in [1.54, 1.807) is 27.4 Å². The fourth-order valence-electron chi connectivity index (χ4n) is 4.78. The lowest BCUT2D eigenvalue weighted by Crippen LogP contribution is -2.35. The van der Waals surface area contributed by atoms with E-state index in [1.807, 2.05) is 19.2 Å². The maximum absolute atomic E-state index is 11.1. The number of aliphatic hydroxyl groups excluding tert-OH is 1. The Kier molecular flexibility index (Phi) is 4.65. The fourth-order valence-corrected chi connectivity index (χ4v) is 4.78. The molecule has 3 heterocycles. The van der Waals surface area contributed by atoms with E-state index in [0.717, 1.165) is 35.4 Å². The first-order valence-corrected chi connectivity index (χ1v) is 9.86. The molecular formula is C22H25NO7. The van der Waals surface area contributed by atoms with Gasteiger partial charge in [-0.3, -0.25) is 4.90 Å². The molecule has 0 amide bonds. The van der Waals surface area contributed by atoms with Crippen molar-refractivity contribution in [2.75, 3.05) is 41.7 Å². The number of hydrogen-bond acceptors (Lipinski definition) is 8. The lowest BCUT2D eigenvalue weighted by Gasteiger charge is -2.41. The van der Waals surface area contributed by atoms with Crippen LogP contribution in [0.15, 0.2) is 18.2 Å². The molecule has 160 valence electrons. The Bertz CT molecular complexity index is 992. The molecule has 0 saturated heterocycles. The second-order valence-electron chi connectivity index (χ2n) is 7.63. The number of aliphatic hydroxyl groups is 1. The van der Waals surface area contributed by atoms with Crippen LogP contribution in [0.5, 0.6) is 28.7 Å². The van der Waals surface area contributed by atoms with Crippen LogP contribution in [-0.4, -0.2) is 51.7 Å². The molecule has 1 N–H and O–H groups in total. The van der Waals surface area contributed by atoms with Crippen LogP contribution in [0.25, 0.3) is 0 Å². The highest BCUT2D eigenvalue weighted by atomic mass is 16.7. The maximum atomic E-state index is 11.1. The Labute approximate surface area is 174 Å². The normalized spacial score (nSPS) is 24.4. The van der Waals surface area contributed by atoms with Crippen LogP contribution in [0.2, 0.25) is 0 Å². The fraction of sp³-hybridized carbons (Fsp3) is 0.455. The molecule has 2 aromatic rings. The third-order valence-electron chi connectivity index (χ3n) is 6.18. The molecule has 5 rings (SSSR count). The van der Waals surface area contributed by atoms with E-state index < -0.39 is 12.4 Å². The van der Waals surface area contributed by atoms with E-state index >= 15 is 0 Å². The minimum Gasteiger partial charge on any atom is -0.496 e. The van der Waals surface area contributed by atoms with Crippen LogP contribution in [0.1, 0.15) is 40.7 Å². The minimum atomic E-state index is -1.20. The van der Waals surface area contributed by atoms with Gasteiger partial charge in [0.2, 0.25) is 6.79 Å². The Morgan fingerprint density at radius 1 is 0.967 bits per heavy atom. The average molecular weight is 415 g/mol. The topological polar surface area (TPSA) is 78.9 Å². The lowest BCUT2D eigenvalue weighted by molar-refractivity contribution is -0.175. The standard InChI is InChI=1S/C22H25NO7/c1-23-6-5-11-7-13-14(29-10-28-13)8-12(11)20-19(23)17-15(25-2)9-16(26-3)21(27-4)18(17)22(24)30-20/h7-9,19-20,22,24H,5-6,10H2,1-4H3. The van der Waals surface area contributed by atoms with Crippen molar-refractivity contribution in [2.45, 2.75) is 24.9 Å². The summed E-state index contributed by atoms with van der Waals surface area (Å²) in [4.78, 5) is 2.22. The number of benzene rings is 2. The van der Waals surface area contributed by atoms with Gasteiger partial charge in [0.15, 0.2) is 29.3 Å². The third-order valence-corrected chi connectivity index (χ3v) is 6.18. The van der Waals surface area contributed by atoms with Gasteiger partial charge in [-0.1, -0.05) is 0 Å². The first kappa shape index (κ1) is 19.3. The molecule has 0 radical (unpaired) electrons. The van der Waals surface area contributed by atoms with Crippen molar-refractivity contribution in [1.82, 2.24) is 4.90 Å². The van der Waals surface area contributed by atoms with E-state index in [4.69, 9.17) is 28.4 Å². The molecule has 0 saturated carbocycles. The van der Waals surface area contributed by atoms with Gasteiger partial charge in [0.05, 0.1) is 32.9 Å². The number of ether oxygens (including phenoxy) is 6. The molecule has 30 heavy (non-hydrogen) atoms. The van der Waals surface area contributed by atoms with Crippen LogP contribution in [0, 0.1) is 0 Å². The van der Waals surface area contributed by atoms with Gasteiger partial charge in [0.25, 0.3) is 0 Å². The van der Waals surface area contributed by atoms with E-state index in [9.17, 15) is 5.11 Å². The monoisotopic (exact) mass is 415 g/mol. The summed E-state index contributed by atoms with van der Waals surface area (Å²) in [6.45, 7) is 1.01. The van der Waals surface area contributed by atoms with Gasteiger partial charge in [-0.05, 0) is 36.7 Å². The highest BCUT2D eigenvalue weighted by Gasteiger charge is 2.45. The predicted molar refractivity (Wildman–Crippen MR) is 107 cm³/mol. The quantitative estimate of drug-likeness (QED) is 0.820. The van der Waals surface area contributed by atoms with Crippen LogP contribution in [0.3, 0.4) is 0 Å². The summed E-state index contributed by atoms with van der Waals surface area (Å²) < 4.78 is 34.2. The number of hydrogen-bond donors (Lipinski definition) is 1. The van der Waals surface area contributed by atoms with Crippen LogP contribution in [-0.2, 0) is 11.2 Å². The number of rotatable bonds is 3. The number of methoxy groups -OCH3 is 3. The van der Waals surface area contributed by atoms with Gasteiger partial charge in [0, 0.05) is 18.2 Å². The molecule has 3 atom stereocenters. The highest BCUT2D eigenvalue weighted by Crippen LogP contribution is 2.56. The molecule has 8 heteroatoms. The van der Waals surface area contributed by atoms with Crippen molar-refractivity contribution in [3.63, 3.8) is 0 Å². The zero-order chi connectivity index (χ0) is 21.0. The van der Waals surface area contributed by atoms with Crippen molar-refractivity contribution in [3.05, 3.63) is 40.5 Å². The van der Waals surface area contributed by atoms with E-state index in [1.165, 1.54) is 0 Å². The summed E-state index contributed by atoms with van der Waals surface area (Å²) in [7, 11) is 6.77. The summed E-state index contributed by atoms with van der Waals surface area (Å²) in [6.07, 6.45) is -0.804. The molecule has 3 aliphatic heterocycles. The Balaban J connectivity index is 1.73. The molecular weight excluding hydrogens is 390 g/mol. The Morgan fingerprint density at radius 3 is 2.40 bits per heavy atom. The number of nitrogens with zero attached hydrogens (tertiary/aromatic N) is 1. The molecule has 3 unspecified atom stereocenters. The number of fused-ring (bicyclic) bond motifs is 6. The van der Waals surface area contributed by atoms with E-state index in [2.05, 4.69) is 4.90 Å². The van der Waals surface area contributed by atoms with E-state index in [0.29, 0.717) is 28.6 Å². The number of likely N-dealkylation sites (N-methyl/N-ethyl adjacent to an activating group) is 1. The second kappa shape index (κ2) is 7.23. The summed E-state index contributed by atoms with van der Waals surface area (Å²) in [6, 6.07) is 5.59. The smallest absolute Gasteiger partial charge is 0.231 e. The molecule has 0 aliphatic carbocycles. The van der Waals surface area contributed by atoms with Crippen molar-refractivity contribution < 1.29 is 33.5 Å². The van der Waals surface area contributed by atoms with Gasteiger partial charge < -0.3 is 33.5 Å². The van der Waals surface area contributed by atoms with Crippen molar-refractivity contribution in [1.29, 1.82) is 0 Å². The first-order valence-electron chi connectivity index (χ1n) is 9.86. The van der Waals surface area contributed by atoms with Crippen LogP contribution >= 0.6 is 0 Å². The van der Waals surface area contributed by atoms with Gasteiger partial charge in [-0.15, -0.1) is 0 Å². The van der Waals surface area contributed by atoms with Gasteiger partial charge in [-0.25, -0.2) is 0 Å². The van der Waals surface area contributed by atoms with E-state index in [-0.39, 0.29) is 12.8 Å². The SMILES string of the molecule is COc1cc(OC)c2c(c1OC)C(O)OC1c3cc4c(cc3CCN(C)C21)OCO4. The molecule has 0 bridgehead atoms.